The number of carbonyl (C=O) groups excluding carboxylic acids is 2. The molecule has 0 heterocycles. The molecule has 0 radical (unpaired) electrons. The minimum absolute atomic E-state index is 0.0644. The molecule has 6 heteroatoms. The van der Waals surface area contributed by atoms with Gasteiger partial charge in [0.05, 0.1) is 5.71 Å². The van der Waals surface area contributed by atoms with Crippen LogP contribution in [0.15, 0.2) is 47.1 Å². The maximum atomic E-state index is 12.1. The number of rotatable bonds is 6. The number of carbonyl (C=O) groups is 2. The molecule has 2 rings (SSSR count). The fourth-order valence-electron chi connectivity index (χ4n) is 2.79. The smallest absolute Gasteiger partial charge is 0.240 e. The molecule has 27 heavy (non-hydrogen) atoms. The van der Waals surface area contributed by atoms with Crippen LogP contribution < -0.4 is 10.7 Å². The number of hydrogen-bond donors (Lipinski definition) is 2. The van der Waals surface area contributed by atoms with Gasteiger partial charge in [-0.05, 0) is 62.8 Å². The fraction of sp³-hybridized carbons (Fsp3) is 0.381. The van der Waals surface area contributed by atoms with Gasteiger partial charge in [0.1, 0.15) is 0 Å². The molecule has 0 saturated heterocycles. The Morgan fingerprint density at radius 2 is 1.96 bits per heavy atom. The van der Waals surface area contributed by atoms with Crippen molar-refractivity contribution in [3.63, 3.8) is 0 Å². The van der Waals surface area contributed by atoms with Gasteiger partial charge >= 0.3 is 0 Å². The van der Waals surface area contributed by atoms with Gasteiger partial charge in [0.25, 0.3) is 0 Å². The van der Waals surface area contributed by atoms with Crippen LogP contribution in [0.3, 0.4) is 0 Å². The van der Waals surface area contributed by atoms with E-state index in [4.69, 9.17) is 11.6 Å². The van der Waals surface area contributed by atoms with Crippen molar-refractivity contribution in [2.45, 2.75) is 46.5 Å². The van der Waals surface area contributed by atoms with E-state index in [2.05, 4.69) is 28.5 Å². The fourth-order valence-corrected chi connectivity index (χ4v) is 2.97. The van der Waals surface area contributed by atoms with Crippen LogP contribution >= 0.6 is 11.6 Å². The van der Waals surface area contributed by atoms with Crippen LogP contribution in [0.1, 0.15) is 45.1 Å². The van der Waals surface area contributed by atoms with Crippen LogP contribution in [0.25, 0.3) is 0 Å². The molecule has 5 nitrogen and oxygen atoms in total. The molecular weight excluding hydrogens is 362 g/mol. The molecule has 144 valence electrons. The highest BCUT2D eigenvalue weighted by Crippen LogP contribution is 2.26. The number of anilines is 1. The molecule has 1 atom stereocenters. The van der Waals surface area contributed by atoms with Crippen molar-refractivity contribution < 1.29 is 9.59 Å². The molecule has 0 aromatic heterocycles. The van der Waals surface area contributed by atoms with Gasteiger partial charge < -0.3 is 5.32 Å². The molecule has 2 amide bonds. The summed E-state index contributed by atoms with van der Waals surface area (Å²) in [5.41, 5.74) is 7.07. The van der Waals surface area contributed by atoms with Crippen LogP contribution in [0, 0.1) is 12.8 Å². The van der Waals surface area contributed by atoms with E-state index in [1.54, 1.807) is 18.2 Å². The van der Waals surface area contributed by atoms with E-state index in [9.17, 15) is 9.59 Å². The molecule has 0 aliphatic heterocycles. The maximum absolute atomic E-state index is 12.1. The van der Waals surface area contributed by atoms with E-state index in [0.29, 0.717) is 16.6 Å². The maximum Gasteiger partial charge on any atom is 0.240 e. The topological polar surface area (TPSA) is 70.6 Å². The second-order valence-corrected chi connectivity index (χ2v) is 7.33. The first-order chi connectivity index (χ1) is 12.8. The lowest BCUT2D eigenvalue weighted by molar-refractivity contribution is -0.124. The predicted octanol–water partition coefficient (Wildman–Crippen LogP) is 4.77. The molecule has 1 aromatic rings. The second kappa shape index (κ2) is 9.51. The standard InChI is InChI=1S/C21H26ClN3O2/c1-13(2)16-9-8-14(3)19(12-16)24-25-21(27)11-10-20(26)23-18-7-5-6-17(22)15(18)4/h5-8,16H,1,9-12H2,2-4H3,(H,23,26)(H,25,27)/b24-19+/t16-/m1/s1. The number of benzene rings is 1. The van der Waals surface area contributed by atoms with Gasteiger partial charge in [0.2, 0.25) is 11.8 Å². The third kappa shape index (κ3) is 6.07. The van der Waals surface area contributed by atoms with Gasteiger partial charge in [-0.3, -0.25) is 9.59 Å². The van der Waals surface area contributed by atoms with Crippen molar-refractivity contribution in [3.8, 4) is 0 Å². The van der Waals surface area contributed by atoms with Gasteiger partial charge in [-0.15, -0.1) is 0 Å². The summed E-state index contributed by atoms with van der Waals surface area (Å²) in [7, 11) is 0. The molecule has 1 aromatic carbocycles. The molecule has 1 aliphatic rings. The van der Waals surface area contributed by atoms with E-state index in [1.165, 1.54) is 0 Å². The first-order valence-corrected chi connectivity index (χ1v) is 9.38. The summed E-state index contributed by atoms with van der Waals surface area (Å²) in [5, 5.41) is 7.61. The minimum Gasteiger partial charge on any atom is -0.326 e. The molecule has 0 bridgehead atoms. The highest BCUT2D eigenvalue weighted by molar-refractivity contribution is 6.31. The highest BCUT2D eigenvalue weighted by atomic mass is 35.5. The van der Waals surface area contributed by atoms with Crippen LogP contribution in [-0.4, -0.2) is 17.5 Å². The Bertz CT molecular complexity index is 812. The summed E-state index contributed by atoms with van der Waals surface area (Å²) in [6.07, 6.45) is 3.99. The average molecular weight is 388 g/mol. The zero-order valence-electron chi connectivity index (χ0n) is 16.1. The molecule has 0 fully saturated rings. The Morgan fingerprint density at radius 3 is 2.67 bits per heavy atom. The molecule has 1 aliphatic carbocycles. The third-order valence-corrected chi connectivity index (χ3v) is 5.15. The molecule has 2 N–H and O–H groups in total. The summed E-state index contributed by atoms with van der Waals surface area (Å²) in [4.78, 5) is 24.1. The summed E-state index contributed by atoms with van der Waals surface area (Å²) in [6, 6.07) is 5.31. The van der Waals surface area contributed by atoms with Crippen LogP contribution in [0.5, 0.6) is 0 Å². The Morgan fingerprint density at radius 1 is 1.26 bits per heavy atom. The number of halogens is 1. The van der Waals surface area contributed by atoms with Crippen LogP contribution in [0.4, 0.5) is 5.69 Å². The van der Waals surface area contributed by atoms with E-state index in [-0.39, 0.29) is 24.7 Å². The normalized spacial score (nSPS) is 18.0. The van der Waals surface area contributed by atoms with Crippen molar-refractivity contribution >= 4 is 34.8 Å². The summed E-state index contributed by atoms with van der Waals surface area (Å²) in [5.74, 6) is -0.166. The summed E-state index contributed by atoms with van der Waals surface area (Å²) < 4.78 is 0. The first kappa shape index (κ1) is 20.9. The molecule has 0 unspecified atom stereocenters. The van der Waals surface area contributed by atoms with Gasteiger partial charge in [0.15, 0.2) is 0 Å². The molecule has 0 saturated carbocycles. The lowest BCUT2D eigenvalue weighted by atomic mass is 9.85. The zero-order chi connectivity index (χ0) is 20.0. The Balaban J connectivity index is 1.84. The number of hydrogen-bond acceptors (Lipinski definition) is 3. The van der Waals surface area contributed by atoms with Crippen molar-refractivity contribution in [1.29, 1.82) is 0 Å². The van der Waals surface area contributed by atoms with Crippen LogP contribution in [-0.2, 0) is 9.59 Å². The van der Waals surface area contributed by atoms with E-state index in [0.717, 1.165) is 35.3 Å². The Hall–Kier alpha value is -2.40. The van der Waals surface area contributed by atoms with Crippen molar-refractivity contribution in [3.05, 3.63) is 52.6 Å². The minimum atomic E-state index is -0.286. The first-order valence-electron chi connectivity index (χ1n) is 9.00. The average Bonchev–Trinajstić information content (AvgIpc) is 2.63. The van der Waals surface area contributed by atoms with Crippen molar-refractivity contribution in [1.82, 2.24) is 5.43 Å². The zero-order valence-corrected chi connectivity index (χ0v) is 16.8. The number of hydrazone groups is 1. The quantitative estimate of drug-likeness (QED) is 0.545. The number of nitrogens with one attached hydrogen (secondary N) is 2. The van der Waals surface area contributed by atoms with Crippen molar-refractivity contribution in [2.24, 2.45) is 11.0 Å². The van der Waals surface area contributed by atoms with Gasteiger partial charge in [-0.1, -0.05) is 35.9 Å². The lowest BCUT2D eigenvalue weighted by Crippen LogP contribution is -2.24. The van der Waals surface area contributed by atoms with Gasteiger partial charge in [-0.25, -0.2) is 5.43 Å². The summed E-state index contributed by atoms with van der Waals surface area (Å²) in [6.45, 7) is 9.83. The van der Waals surface area contributed by atoms with Gasteiger partial charge in [0, 0.05) is 23.6 Å². The number of nitrogens with zero attached hydrogens (tertiary/aromatic N) is 1. The molecular formula is C21H26ClN3O2. The number of amides is 2. The second-order valence-electron chi connectivity index (χ2n) is 6.92. The van der Waals surface area contributed by atoms with Gasteiger partial charge in [-0.2, -0.15) is 5.10 Å². The number of allylic oxidation sites excluding steroid dienone is 3. The van der Waals surface area contributed by atoms with Crippen LogP contribution in [0.2, 0.25) is 5.02 Å². The van der Waals surface area contributed by atoms with E-state index in [1.807, 2.05) is 20.8 Å². The van der Waals surface area contributed by atoms with E-state index >= 15 is 0 Å². The Kier molecular flexibility index (Phi) is 7.36. The Labute approximate surface area is 165 Å². The lowest BCUT2D eigenvalue weighted by Gasteiger charge is -2.22. The summed E-state index contributed by atoms with van der Waals surface area (Å²) >= 11 is 6.04. The molecule has 0 spiro atoms. The van der Waals surface area contributed by atoms with Crippen molar-refractivity contribution in [2.75, 3.05) is 5.32 Å². The van der Waals surface area contributed by atoms with E-state index < -0.39 is 0 Å². The monoisotopic (exact) mass is 387 g/mol. The third-order valence-electron chi connectivity index (χ3n) is 4.74. The SMILES string of the molecule is C=C(C)[C@@H]1CC=C(C)/C(=N/NC(=O)CCC(=O)Nc2cccc(Cl)c2C)C1. The predicted molar refractivity (Wildman–Crippen MR) is 111 cm³/mol. The largest absolute Gasteiger partial charge is 0.326 e. The highest BCUT2D eigenvalue weighted by Gasteiger charge is 2.19.